The third kappa shape index (κ3) is 3.90. The summed E-state index contributed by atoms with van der Waals surface area (Å²) in [7, 11) is 0. The molecular formula is C18H10F5N3O2. The summed E-state index contributed by atoms with van der Waals surface area (Å²) in [5.41, 5.74) is -2.55. The van der Waals surface area contributed by atoms with Crippen molar-refractivity contribution >= 4 is 11.7 Å². The first kappa shape index (κ1) is 19.2. The van der Waals surface area contributed by atoms with E-state index in [0.29, 0.717) is 12.3 Å². The van der Waals surface area contributed by atoms with Gasteiger partial charge in [-0.15, -0.1) is 0 Å². The Morgan fingerprint density at radius 3 is 2.25 bits per heavy atom. The van der Waals surface area contributed by atoms with E-state index < -0.39 is 40.4 Å². The van der Waals surface area contributed by atoms with Crippen molar-refractivity contribution in [3.63, 3.8) is 0 Å². The lowest BCUT2D eigenvalue weighted by atomic mass is 10.2. The summed E-state index contributed by atoms with van der Waals surface area (Å²) in [5, 5.41) is 2.17. The van der Waals surface area contributed by atoms with Crippen LogP contribution in [-0.2, 0) is 6.18 Å². The Balaban J connectivity index is 1.87. The van der Waals surface area contributed by atoms with Crippen LogP contribution in [0.3, 0.4) is 0 Å². The number of benzene rings is 1. The average molecular weight is 395 g/mol. The van der Waals surface area contributed by atoms with E-state index in [1.807, 2.05) is 0 Å². The molecule has 0 atom stereocenters. The molecule has 2 heterocycles. The van der Waals surface area contributed by atoms with E-state index in [4.69, 9.17) is 0 Å². The predicted octanol–water partition coefficient (Wildman–Crippen LogP) is 3.78. The van der Waals surface area contributed by atoms with Crippen LogP contribution >= 0.6 is 0 Å². The van der Waals surface area contributed by atoms with Gasteiger partial charge in [0.1, 0.15) is 23.0 Å². The van der Waals surface area contributed by atoms with Gasteiger partial charge >= 0.3 is 6.18 Å². The molecule has 1 N–H and O–H groups in total. The Labute approximate surface area is 154 Å². The number of carbonyl (C=O) groups is 1. The van der Waals surface area contributed by atoms with Crippen LogP contribution < -0.4 is 10.9 Å². The summed E-state index contributed by atoms with van der Waals surface area (Å²) < 4.78 is 66.4. The van der Waals surface area contributed by atoms with Gasteiger partial charge in [-0.05, 0) is 30.3 Å². The third-order valence-corrected chi connectivity index (χ3v) is 3.70. The van der Waals surface area contributed by atoms with Crippen molar-refractivity contribution in [2.45, 2.75) is 6.18 Å². The topological polar surface area (TPSA) is 64.0 Å². The molecular weight excluding hydrogens is 385 g/mol. The maximum atomic E-state index is 13.6. The molecule has 1 amide bonds. The monoisotopic (exact) mass is 395 g/mol. The minimum Gasteiger partial charge on any atom is -0.306 e. The van der Waals surface area contributed by atoms with Gasteiger partial charge in [0.15, 0.2) is 0 Å². The fraction of sp³-hybridized carbons (Fsp3) is 0.0556. The van der Waals surface area contributed by atoms with Gasteiger partial charge in [0.25, 0.3) is 11.5 Å². The minimum absolute atomic E-state index is 0.00571. The molecule has 0 radical (unpaired) electrons. The molecule has 0 fully saturated rings. The molecule has 0 saturated carbocycles. The summed E-state index contributed by atoms with van der Waals surface area (Å²) in [5.74, 6) is -3.34. The summed E-state index contributed by atoms with van der Waals surface area (Å²) >= 11 is 0. The number of nitrogens with one attached hydrogen (secondary N) is 1. The van der Waals surface area contributed by atoms with Crippen molar-refractivity contribution in [1.29, 1.82) is 0 Å². The largest absolute Gasteiger partial charge is 0.417 e. The van der Waals surface area contributed by atoms with Crippen LogP contribution in [0.5, 0.6) is 0 Å². The lowest BCUT2D eigenvalue weighted by Crippen LogP contribution is -2.20. The van der Waals surface area contributed by atoms with Crippen molar-refractivity contribution in [1.82, 2.24) is 9.55 Å². The second-order valence-corrected chi connectivity index (χ2v) is 5.58. The molecule has 0 bridgehead atoms. The molecule has 0 unspecified atom stereocenters. The van der Waals surface area contributed by atoms with Crippen LogP contribution in [-0.4, -0.2) is 15.5 Å². The highest BCUT2D eigenvalue weighted by Gasteiger charge is 2.31. The molecule has 144 valence electrons. The third-order valence-electron chi connectivity index (χ3n) is 3.70. The van der Waals surface area contributed by atoms with E-state index in [1.165, 1.54) is 12.1 Å². The number of hydrogen-bond donors (Lipinski definition) is 1. The standard InChI is InChI=1S/C18H10F5N3O2/c19-12-2-1-3-13(20)16(12)17(28)25-14-6-5-11(8-24-14)26-9-10(18(21,22)23)4-7-15(26)27/h1-9H,(H,24,25,28). The molecule has 1 aromatic carbocycles. The van der Waals surface area contributed by atoms with Gasteiger partial charge in [-0.25, -0.2) is 13.8 Å². The van der Waals surface area contributed by atoms with E-state index in [0.717, 1.165) is 35.0 Å². The van der Waals surface area contributed by atoms with Crippen LogP contribution in [0.25, 0.3) is 5.69 Å². The van der Waals surface area contributed by atoms with Crippen LogP contribution in [0.2, 0.25) is 0 Å². The summed E-state index contributed by atoms with van der Waals surface area (Å²) in [6.45, 7) is 0. The van der Waals surface area contributed by atoms with Gasteiger partial charge in [-0.1, -0.05) is 6.07 Å². The number of pyridine rings is 2. The Hall–Kier alpha value is -3.56. The highest BCUT2D eigenvalue weighted by Crippen LogP contribution is 2.28. The van der Waals surface area contributed by atoms with Crippen molar-refractivity contribution < 1.29 is 26.7 Å². The van der Waals surface area contributed by atoms with E-state index in [2.05, 4.69) is 10.3 Å². The fourth-order valence-corrected chi connectivity index (χ4v) is 2.35. The Bertz CT molecular complexity index is 1070. The van der Waals surface area contributed by atoms with Gasteiger partial charge in [-0.2, -0.15) is 13.2 Å². The number of nitrogens with zero attached hydrogens (tertiary/aromatic N) is 2. The number of alkyl halides is 3. The van der Waals surface area contributed by atoms with Crippen LogP contribution in [0, 0.1) is 11.6 Å². The van der Waals surface area contributed by atoms with E-state index in [1.54, 1.807) is 0 Å². The highest BCUT2D eigenvalue weighted by atomic mass is 19.4. The normalized spacial score (nSPS) is 11.3. The number of amides is 1. The van der Waals surface area contributed by atoms with Crippen molar-refractivity contribution in [2.75, 3.05) is 5.32 Å². The number of aromatic nitrogens is 2. The molecule has 0 aliphatic carbocycles. The first-order valence-electron chi connectivity index (χ1n) is 7.68. The molecule has 0 aliphatic rings. The van der Waals surface area contributed by atoms with Gasteiger partial charge in [0, 0.05) is 12.3 Å². The fourth-order valence-electron chi connectivity index (χ4n) is 2.35. The molecule has 10 heteroatoms. The Morgan fingerprint density at radius 1 is 1.00 bits per heavy atom. The maximum Gasteiger partial charge on any atom is 0.417 e. The molecule has 2 aromatic heterocycles. The highest BCUT2D eigenvalue weighted by molar-refractivity contribution is 6.04. The van der Waals surface area contributed by atoms with Crippen molar-refractivity contribution in [3.8, 4) is 5.69 Å². The van der Waals surface area contributed by atoms with Gasteiger partial charge in [0.2, 0.25) is 0 Å². The predicted molar refractivity (Wildman–Crippen MR) is 89.1 cm³/mol. The van der Waals surface area contributed by atoms with Crippen LogP contribution in [0.15, 0.2) is 59.7 Å². The lowest BCUT2D eigenvalue weighted by molar-refractivity contribution is -0.138. The zero-order valence-corrected chi connectivity index (χ0v) is 13.8. The molecule has 28 heavy (non-hydrogen) atoms. The first-order chi connectivity index (χ1) is 13.2. The Kier molecular flexibility index (Phi) is 4.95. The van der Waals surface area contributed by atoms with Gasteiger partial charge in [0.05, 0.1) is 17.4 Å². The summed E-state index contributed by atoms with van der Waals surface area (Å²) in [6, 6.07) is 6.74. The SMILES string of the molecule is O=C(Nc1ccc(-n2cc(C(F)(F)F)ccc2=O)cn1)c1c(F)cccc1F. The molecule has 0 aliphatic heterocycles. The molecule has 0 saturated heterocycles. The van der Waals surface area contributed by atoms with E-state index in [9.17, 15) is 31.5 Å². The zero-order valence-electron chi connectivity index (χ0n) is 13.8. The smallest absolute Gasteiger partial charge is 0.306 e. The summed E-state index contributed by atoms with van der Waals surface area (Å²) in [6.07, 6.45) is -2.98. The number of hydrogen-bond acceptors (Lipinski definition) is 3. The lowest BCUT2D eigenvalue weighted by Gasteiger charge is -2.11. The van der Waals surface area contributed by atoms with Gasteiger partial charge < -0.3 is 5.32 Å². The average Bonchev–Trinajstić information content (AvgIpc) is 2.62. The van der Waals surface area contributed by atoms with Crippen LogP contribution in [0.4, 0.5) is 27.8 Å². The van der Waals surface area contributed by atoms with E-state index >= 15 is 0 Å². The number of rotatable bonds is 3. The van der Waals surface area contributed by atoms with Crippen molar-refractivity contribution in [3.05, 3.63) is 88.0 Å². The molecule has 0 spiro atoms. The second kappa shape index (κ2) is 7.22. The quantitative estimate of drug-likeness (QED) is 0.687. The van der Waals surface area contributed by atoms with Crippen molar-refractivity contribution in [2.24, 2.45) is 0 Å². The van der Waals surface area contributed by atoms with E-state index in [-0.39, 0.29) is 11.5 Å². The maximum absolute atomic E-state index is 13.6. The number of carbonyl (C=O) groups excluding carboxylic acids is 1. The Morgan fingerprint density at radius 2 is 1.68 bits per heavy atom. The number of halogens is 5. The second-order valence-electron chi connectivity index (χ2n) is 5.58. The molecule has 5 nitrogen and oxygen atoms in total. The zero-order chi connectivity index (χ0) is 20.5. The van der Waals surface area contributed by atoms with Crippen LogP contribution in [0.1, 0.15) is 15.9 Å². The summed E-state index contributed by atoms with van der Waals surface area (Å²) in [4.78, 5) is 27.6. The molecule has 3 rings (SSSR count). The van der Waals surface area contributed by atoms with Gasteiger partial charge in [-0.3, -0.25) is 14.2 Å². The number of anilines is 1. The molecule has 3 aromatic rings. The first-order valence-corrected chi connectivity index (χ1v) is 7.68. The minimum atomic E-state index is -4.64.